The zero-order valence-corrected chi connectivity index (χ0v) is 19.3. The molecule has 1 aliphatic carbocycles. The zero-order valence-electron chi connectivity index (χ0n) is 19.3. The summed E-state index contributed by atoms with van der Waals surface area (Å²) in [6.07, 6.45) is 0.648. The highest BCUT2D eigenvalue weighted by Crippen LogP contribution is 2.32. The largest absolute Gasteiger partial charge is 0.451 e. The number of amides is 2. The lowest BCUT2D eigenvalue weighted by atomic mass is 9.83. The smallest absolute Gasteiger partial charge is 0.416 e. The molecule has 1 heterocycles. The number of carbonyl (C=O) groups is 2. The van der Waals surface area contributed by atoms with Gasteiger partial charge in [-0.2, -0.15) is 13.2 Å². The van der Waals surface area contributed by atoms with Gasteiger partial charge >= 0.3 is 6.18 Å². The second-order valence-electron chi connectivity index (χ2n) is 8.78. The van der Waals surface area contributed by atoms with E-state index in [-0.39, 0.29) is 17.6 Å². The normalized spacial score (nSPS) is 15.4. The average Bonchev–Trinajstić information content (AvgIpc) is 3.37. The Balaban J connectivity index is 1.45. The fourth-order valence-corrected chi connectivity index (χ4v) is 4.53. The molecule has 0 spiro atoms. The third kappa shape index (κ3) is 5.75. The van der Waals surface area contributed by atoms with Gasteiger partial charge in [-0.25, -0.2) is 0 Å². The first-order valence-electron chi connectivity index (χ1n) is 11.7. The molecular weight excluding hydrogens is 457 g/mol. The zero-order chi connectivity index (χ0) is 25.0. The van der Waals surface area contributed by atoms with Crippen LogP contribution in [0.1, 0.15) is 48.2 Å². The van der Waals surface area contributed by atoms with Crippen molar-refractivity contribution in [2.75, 3.05) is 7.05 Å². The maximum atomic E-state index is 12.8. The molecule has 1 atom stereocenters. The molecule has 1 unspecified atom stereocenters. The van der Waals surface area contributed by atoms with Crippen LogP contribution >= 0.6 is 0 Å². The van der Waals surface area contributed by atoms with Crippen LogP contribution in [0.4, 0.5) is 13.2 Å². The molecule has 0 aliphatic heterocycles. The first-order valence-corrected chi connectivity index (χ1v) is 11.7. The summed E-state index contributed by atoms with van der Waals surface area (Å²) in [5.74, 6) is 0.0207. The lowest BCUT2D eigenvalue weighted by molar-refractivity contribution is -0.137. The van der Waals surface area contributed by atoms with E-state index in [0.717, 1.165) is 55.4 Å². The Bertz CT molecular complexity index is 1160. The van der Waals surface area contributed by atoms with Crippen molar-refractivity contribution in [1.29, 1.82) is 0 Å². The predicted octanol–water partition coefficient (Wildman–Crippen LogP) is 6.06. The Morgan fingerprint density at radius 2 is 1.43 bits per heavy atom. The summed E-state index contributed by atoms with van der Waals surface area (Å²) < 4.78 is 44.1. The Hall–Kier alpha value is -3.55. The average molecular weight is 485 g/mol. The van der Waals surface area contributed by atoms with Gasteiger partial charge in [0, 0.05) is 12.6 Å². The van der Waals surface area contributed by atoms with Crippen LogP contribution in [0, 0.1) is 5.92 Å². The molecule has 1 fully saturated rings. The van der Waals surface area contributed by atoms with Crippen molar-refractivity contribution < 1.29 is 27.2 Å². The Morgan fingerprint density at radius 3 is 2.00 bits per heavy atom. The number of halogens is 3. The molecule has 8 heteroatoms. The lowest BCUT2D eigenvalue weighted by Crippen LogP contribution is -2.50. The van der Waals surface area contributed by atoms with E-state index >= 15 is 0 Å². The first-order chi connectivity index (χ1) is 16.8. The van der Waals surface area contributed by atoms with Crippen LogP contribution in [0.15, 0.2) is 65.1 Å². The molecule has 2 amide bonds. The van der Waals surface area contributed by atoms with E-state index in [4.69, 9.17) is 4.42 Å². The van der Waals surface area contributed by atoms with Crippen LogP contribution in [-0.2, 0) is 11.0 Å². The third-order valence-electron chi connectivity index (χ3n) is 6.48. The van der Waals surface area contributed by atoms with Gasteiger partial charge in [-0.1, -0.05) is 55.7 Å². The van der Waals surface area contributed by atoms with Gasteiger partial charge in [0.25, 0.3) is 5.91 Å². The van der Waals surface area contributed by atoms with E-state index in [2.05, 4.69) is 10.6 Å². The predicted molar refractivity (Wildman–Crippen MR) is 126 cm³/mol. The van der Waals surface area contributed by atoms with E-state index in [1.54, 1.807) is 43.4 Å². The number of furan rings is 1. The van der Waals surface area contributed by atoms with Crippen LogP contribution < -0.4 is 10.6 Å². The minimum atomic E-state index is -4.37. The molecule has 2 N–H and O–H groups in total. The van der Waals surface area contributed by atoms with Crippen LogP contribution in [0.2, 0.25) is 0 Å². The standard InChI is InChI=1S/C27H27F3N2O3/c1-31-26(34)24(20-5-3-2-4-6-20)32-25(33)23-16-15-22(35-23)19-9-7-17(8-10-19)18-11-13-21(14-12-18)27(28,29)30/h7-16,20,24H,2-6H2,1H3,(H,31,34)(H,32,33). The highest BCUT2D eigenvalue weighted by molar-refractivity contribution is 5.96. The minimum absolute atomic E-state index is 0.0971. The quantitative estimate of drug-likeness (QED) is 0.447. The van der Waals surface area contributed by atoms with Gasteiger partial charge in [-0.05, 0) is 54.2 Å². The molecule has 1 aliphatic rings. The topological polar surface area (TPSA) is 71.3 Å². The molecule has 1 saturated carbocycles. The number of hydrogen-bond acceptors (Lipinski definition) is 3. The molecule has 2 aromatic carbocycles. The van der Waals surface area contributed by atoms with Gasteiger partial charge in [0.15, 0.2) is 5.76 Å². The summed E-state index contributed by atoms with van der Waals surface area (Å²) in [5.41, 5.74) is 1.44. The van der Waals surface area contributed by atoms with Crippen molar-refractivity contribution in [3.05, 3.63) is 72.0 Å². The van der Waals surface area contributed by atoms with Gasteiger partial charge in [0.1, 0.15) is 11.8 Å². The van der Waals surface area contributed by atoms with Crippen LogP contribution in [0.25, 0.3) is 22.5 Å². The summed E-state index contributed by atoms with van der Waals surface area (Å²) in [6, 6.07) is 14.7. The van der Waals surface area contributed by atoms with E-state index < -0.39 is 23.7 Å². The molecule has 4 rings (SSSR count). The molecule has 1 aromatic heterocycles. The second kappa shape index (κ2) is 10.4. The molecule has 35 heavy (non-hydrogen) atoms. The molecule has 0 bridgehead atoms. The minimum Gasteiger partial charge on any atom is -0.451 e. The summed E-state index contributed by atoms with van der Waals surface area (Å²) in [4.78, 5) is 25.2. The number of benzene rings is 2. The van der Waals surface area contributed by atoms with Crippen molar-refractivity contribution in [2.24, 2.45) is 5.92 Å². The first kappa shape index (κ1) is 24.6. The summed E-state index contributed by atoms with van der Waals surface area (Å²) in [6.45, 7) is 0. The van der Waals surface area contributed by atoms with E-state index in [9.17, 15) is 22.8 Å². The lowest BCUT2D eigenvalue weighted by Gasteiger charge is -2.29. The Kier molecular flexibility index (Phi) is 7.28. The van der Waals surface area contributed by atoms with Crippen molar-refractivity contribution in [3.63, 3.8) is 0 Å². The number of nitrogens with one attached hydrogen (secondary N) is 2. The van der Waals surface area contributed by atoms with Gasteiger partial charge in [-0.15, -0.1) is 0 Å². The van der Waals surface area contributed by atoms with Gasteiger partial charge in [0.05, 0.1) is 5.56 Å². The van der Waals surface area contributed by atoms with Crippen molar-refractivity contribution in [3.8, 4) is 22.5 Å². The van der Waals surface area contributed by atoms with Crippen LogP contribution in [0.5, 0.6) is 0 Å². The summed E-state index contributed by atoms with van der Waals surface area (Å²) in [5, 5.41) is 5.48. The van der Waals surface area contributed by atoms with Gasteiger partial charge in [0.2, 0.25) is 5.91 Å². The number of rotatable bonds is 6. The van der Waals surface area contributed by atoms with E-state index in [0.29, 0.717) is 11.3 Å². The Morgan fingerprint density at radius 1 is 0.857 bits per heavy atom. The van der Waals surface area contributed by atoms with Crippen molar-refractivity contribution in [2.45, 2.75) is 44.3 Å². The molecular formula is C27H27F3N2O3. The number of carbonyl (C=O) groups excluding carboxylic acids is 2. The fraction of sp³-hybridized carbons (Fsp3) is 0.333. The summed E-state index contributed by atoms with van der Waals surface area (Å²) in [7, 11) is 1.56. The summed E-state index contributed by atoms with van der Waals surface area (Å²) >= 11 is 0. The highest BCUT2D eigenvalue weighted by atomic mass is 19.4. The van der Waals surface area contributed by atoms with E-state index in [1.165, 1.54) is 12.1 Å². The van der Waals surface area contributed by atoms with Crippen molar-refractivity contribution in [1.82, 2.24) is 10.6 Å². The SMILES string of the molecule is CNC(=O)C(NC(=O)c1ccc(-c2ccc(-c3ccc(C(F)(F)F)cc3)cc2)o1)C1CCCCC1. The Labute approximate surface area is 201 Å². The number of likely N-dealkylation sites (N-methyl/N-ethyl adjacent to an activating group) is 1. The van der Waals surface area contributed by atoms with Crippen molar-refractivity contribution >= 4 is 11.8 Å². The third-order valence-corrected chi connectivity index (χ3v) is 6.48. The number of alkyl halides is 3. The van der Waals surface area contributed by atoms with Gasteiger partial charge in [-0.3, -0.25) is 9.59 Å². The monoisotopic (exact) mass is 484 g/mol. The highest BCUT2D eigenvalue weighted by Gasteiger charge is 2.31. The molecule has 0 radical (unpaired) electrons. The molecule has 3 aromatic rings. The molecule has 5 nitrogen and oxygen atoms in total. The van der Waals surface area contributed by atoms with Crippen LogP contribution in [0.3, 0.4) is 0 Å². The van der Waals surface area contributed by atoms with Crippen LogP contribution in [-0.4, -0.2) is 24.9 Å². The number of hydrogen-bond donors (Lipinski definition) is 2. The maximum Gasteiger partial charge on any atom is 0.416 e. The maximum absolute atomic E-state index is 12.8. The fourth-order valence-electron chi connectivity index (χ4n) is 4.53. The second-order valence-corrected chi connectivity index (χ2v) is 8.78. The molecule has 0 saturated heterocycles. The van der Waals surface area contributed by atoms with E-state index in [1.807, 2.05) is 0 Å². The molecule has 184 valence electrons. The van der Waals surface area contributed by atoms with Gasteiger partial charge < -0.3 is 15.1 Å².